The molecule has 0 saturated heterocycles. The molecule has 6 heteroatoms. The highest BCUT2D eigenvalue weighted by Crippen LogP contribution is 2.04. The number of hydrogen-bond donors (Lipinski definition) is 3. The topological polar surface area (TPSA) is 81.7 Å². The number of hydrogen-bond acceptors (Lipinski definition) is 3. The molecule has 1 unspecified atom stereocenters. The summed E-state index contributed by atoms with van der Waals surface area (Å²) in [4.78, 5) is 24.5. The third-order valence-electron chi connectivity index (χ3n) is 3.13. The molecule has 0 fully saturated rings. The van der Waals surface area contributed by atoms with Crippen LogP contribution in [0.3, 0.4) is 0 Å². The van der Waals surface area contributed by atoms with Gasteiger partial charge in [-0.05, 0) is 27.3 Å². The predicted octanol–water partition coefficient (Wildman–Crippen LogP) is 1.13. The zero-order valence-corrected chi connectivity index (χ0v) is 12.4. The van der Waals surface area contributed by atoms with Gasteiger partial charge in [0.25, 0.3) is 0 Å². The van der Waals surface area contributed by atoms with Crippen LogP contribution in [-0.2, 0) is 4.79 Å². The lowest BCUT2D eigenvalue weighted by molar-refractivity contribution is -0.141. The molecule has 2 amide bonds. The molecule has 0 heterocycles. The van der Waals surface area contributed by atoms with Gasteiger partial charge in [-0.3, -0.25) is 4.79 Å². The van der Waals surface area contributed by atoms with Gasteiger partial charge in [-0.1, -0.05) is 13.3 Å². The smallest absolute Gasteiger partial charge is 0.314 e. The maximum Gasteiger partial charge on any atom is 0.314 e. The maximum atomic E-state index is 11.5. The molecule has 1 atom stereocenters. The van der Waals surface area contributed by atoms with Crippen LogP contribution in [0.15, 0.2) is 0 Å². The molecule has 19 heavy (non-hydrogen) atoms. The summed E-state index contributed by atoms with van der Waals surface area (Å²) >= 11 is 0. The molecule has 0 bridgehead atoms. The second-order valence-electron chi connectivity index (χ2n) is 5.03. The molecule has 0 aromatic rings. The summed E-state index contributed by atoms with van der Waals surface area (Å²) in [5, 5.41) is 14.3. The molecule has 0 aliphatic heterocycles. The molecule has 0 rings (SSSR count). The number of carbonyl (C=O) groups is 2. The van der Waals surface area contributed by atoms with Crippen LogP contribution < -0.4 is 10.6 Å². The Hall–Kier alpha value is -1.30. The Morgan fingerprint density at radius 1 is 1.26 bits per heavy atom. The second-order valence-corrected chi connectivity index (χ2v) is 5.03. The molecule has 0 aromatic carbocycles. The summed E-state index contributed by atoms with van der Waals surface area (Å²) < 4.78 is 0. The minimum atomic E-state index is -0.860. The van der Waals surface area contributed by atoms with E-state index < -0.39 is 11.9 Å². The van der Waals surface area contributed by atoms with Gasteiger partial charge in [-0.25, -0.2) is 4.79 Å². The van der Waals surface area contributed by atoms with Crippen LogP contribution in [-0.4, -0.2) is 54.7 Å². The van der Waals surface area contributed by atoms with Gasteiger partial charge in [0.1, 0.15) is 0 Å². The fourth-order valence-electron chi connectivity index (χ4n) is 1.54. The van der Waals surface area contributed by atoms with Gasteiger partial charge in [-0.15, -0.1) is 0 Å². The first-order chi connectivity index (χ1) is 8.88. The Labute approximate surface area is 115 Å². The van der Waals surface area contributed by atoms with Crippen LogP contribution in [0.1, 0.15) is 33.6 Å². The lowest BCUT2D eigenvalue weighted by Crippen LogP contribution is -2.43. The van der Waals surface area contributed by atoms with Crippen molar-refractivity contribution >= 4 is 12.0 Å². The first-order valence-corrected chi connectivity index (χ1v) is 6.83. The molecule has 6 nitrogen and oxygen atoms in total. The van der Waals surface area contributed by atoms with Crippen molar-refractivity contribution in [1.82, 2.24) is 15.5 Å². The number of amides is 2. The molecule has 0 aliphatic carbocycles. The van der Waals surface area contributed by atoms with E-state index in [1.807, 2.05) is 14.0 Å². The third-order valence-corrected chi connectivity index (χ3v) is 3.13. The van der Waals surface area contributed by atoms with Crippen molar-refractivity contribution < 1.29 is 14.7 Å². The number of carboxylic acids is 1. The van der Waals surface area contributed by atoms with Gasteiger partial charge in [0, 0.05) is 25.7 Å². The summed E-state index contributed by atoms with van der Waals surface area (Å²) in [6.07, 6.45) is 1.37. The van der Waals surface area contributed by atoms with Crippen molar-refractivity contribution in [2.45, 2.75) is 39.7 Å². The van der Waals surface area contributed by atoms with E-state index in [9.17, 15) is 9.59 Å². The minimum absolute atomic E-state index is 0.176. The Kier molecular flexibility index (Phi) is 8.95. The molecule has 0 aliphatic rings. The van der Waals surface area contributed by atoms with E-state index in [1.54, 1.807) is 0 Å². The third kappa shape index (κ3) is 8.42. The summed E-state index contributed by atoms with van der Waals surface area (Å²) in [7, 11) is 1.99. The maximum absolute atomic E-state index is 11.5. The number of nitrogens with zero attached hydrogens (tertiary/aromatic N) is 1. The fraction of sp³-hybridized carbons (Fsp3) is 0.846. The second kappa shape index (κ2) is 9.61. The largest absolute Gasteiger partial charge is 0.481 e. The Bertz CT molecular complexity index is 282. The molecule has 112 valence electrons. The Morgan fingerprint density at radius 3 is 2.37 bits per heavy atom. The van der Waals surface area contributed by atoms with Gasteiger partial charge in [0.05, 0.1) is 5.92 Å². The number of carbonyl (C=O) groups excluding carboxylic acids is 1. The predicted molar refractivity (Wildman–Crippen MR) is 75.2 cm³/mol. The van der Waals surface area contributed by atoms with Crippen molar-refractivity contribution in [1.29, 1.82) is 0 Å². The zero-order chi connectivity index (χ0) is 14.8. The summed E-state index contributed by atoms with van der Waals surface area (Å²) in [5.74, 6) is -1.37. The minimum Gasteiger partial charge on any atom is -0.481 e. The Morgan fingerprint density at radius 2 is 1.89 bits per heavy atom. The van der Waals surface area contributed by atoms with Crippen LogP contribution in [0, 0.1) is 5.92 Å². The average molecular weight is 273 g/mol. The van der Waals surface area contributed by atoms with E-state index in [1.165, 1.54) is 0 Å². The lowest BCUT2D eigenvalue weighted by Gasteiger charge is -2.21. The highest BCUT2D eigenvalue weighted by Gasteiger charge is 2.16. The molecule has 0 radical (unpaired) electrons. The van der Waals surface area contributed by atoms with Crippen molar-refractivity contribution in [2.24, 2.45) is 5.92 Å². The average Bonchev–Trinajstić information content (AvgIpc) is 2.33. The quantitative estimate of drug-likeness (QED) is 0.588. The van der Waals surface area contributed by atoms with E-state index in [4.69, 9.17) is 5.11 Å². The number of likely N-dealkylation sites (N-methyl/N-ethyl adjacent to an activating group) is 1. The van der Waals surface area contributed by atoms with Crippen molar-refractivity contribution in [3.63, 3.8) is 0 Å². The number of urea groups is 1. The van der Waals surface area contributed by atoms with Gasteiger partial charge in [0.2, 0.25) is 0 Å². The highest BCUT2D eigenvalue weighted by atomic mass is 16.4. The van der Waals surface area contributed by atoms with Crippen LogP contribution in [0.5, 0.6) is 0 Å². The lowest BCUT2D eigenvalue weighted by atomic mass is 10.0. The molecule has 3 N–H and O–H groups in total. The molecular formula is C13H27N3O3. The molecule has 0 aromatic heterocycles. The summed E-state index contributed by atoms with van der Waals surface area (Å²) in [5.41, 5.74) is 0. The molecule has 0 saturated carbocycles. The van der Waals surface area contributed by atoms with Crippen LogP contribution in [0.2, 0.25) is 0 Å². The van der Waals surface area contributed by atoms with Gasteiger partial charge < -0.3 is 20.6 Å². The van der Waals surface area contributed by atoms with Crippen LogP contribution in [0.4, 0.5) is 4.79 Å². The van der Waals surface area contributed by atoms with E-state index >= 15 is 0 Å². The standard InChI is InChI=1S/C13H27N3O3/c1-5-6-11(12(17)18)9-15-13(19)14-7-8-16(4)10(2)3/h10-11H,5-9H2,1-4H3,(H,17,18)(H2,14,15,19). The van der Waals surface area contributed by atoms with E-state index in [-0.39, 0.29) is 12.6 Å². The summed E-state index contributed by atoms with van der Waals surface area (Å²) in [6, 6.07) is 0.130. The first kappa shape index (κ1) is 17.7. The highest BCUT2D eigenvalue weighted by molar-refractivity contribution is 5.75. The van der Waals surface area contributed by atoms with Gasteiger partial charge in [0.15, 0.2) is 0 Å². The van der Waals surface area contributed by atoms with E-state index in [0.29, 0.717) is 19.0 Å². The van der Waals surface area contributed by atoms with Gasteiger partial charge in [-0.2, -0.15) is 0 Å². The monoisotopic (exact) mass is 273 g/mol. The SMILES string of the molecule is CCCC(CNC(=O)NCCN(C)C(C)C)C(=O)O. The number of rotatable bonds is 9. The number of carboxylic acid groups (broad SMARTS) is 1. The fourth-order valence-corrected chi connectivity index (χ4v) is 1.54. The number of nitrogens with one attached hydrogen (secondary N) is 2. The molecule has 0 spiro atoms. The van der Waals surface area contributed by atoms with E-state index in [0.717, 1.165) is 13.0 Å². The zero-order valence-electron chi connectivity index (χ0n) is 12.4. The normalized spacial score (nSPS) is 12.5. The first-order valence-electron chi connectivity index (χ1n) is 6.83. The van der Waals surface area contributed by atoms with Gasteiger partial charge >= 0.3 is 12.0 Å². The number of aliphatic carboxylic acids is 1. The van der Waals surface area contributed by atoms with Crippen molar-refractivity contribution in [2.75, 3.05) is 26.7 Å². The van der Waals surface area contributed by atoms with Crippen LogP contribution in [0.25, 0.3) is 0 Å². The van der Waals surface area contributed by atoms with Crippen molar-refractivity contribution in [3.05, 3.63) is 0 Å². The summed E-state index contributed by atoms with van der Waals surface area (Å²) in [6.45, 7) is 7.59. The van der Waals surface area contributed by atoms with Crippen molar-refractivity contribution in [3.8, 4) is 0 Å². The molecular weight excluding hydrogens is 246 g/mol. The van der Waals surface area contributed by atoms with Crippen LogP contribution >= 0.6 is 0 Å². The Balaban J connectivity index is 3.82. The van der Waals surface area contributed by atoms with E-state index in [2.05, 4.69) is 29.4 Å².